The number of rotatable bonds is 5. The molecule has 0 saturated heterocycles. The summed E-state index contributed by atoms with van der Waals surface area (Å²) in [4.78, 5) is 23.8. The third-order valence-electron chi connectivity index (χ3n) is 3.29. The molecule has 0 bridgehead atoms. The minimum Gasteiger partial charge on any atom is -0.462 e. The van der Waals surface area contributed by atoms with Crippen LogP contribution >= 0.6 is 0 Å². The maximum absolute atomic E-state index is 13.0. The van der Waals surface area contributed by atoms with Gasteiger partial charge in [-0.05, 0) is 42.8 Å². The zero-order chi connectivity index (χ0) is 18.4. The average molecular weight is 351 g/mol. The van der Waals surface area contributed by atoms with E-state index in [-0.39, 0.29) is 5.69 Å². The van der Waals surface area contributed by atoms with Crippen LogP contribution in [0.3, 0.4) is 0 Å². The molecule has 25 heavy (non-hydrogen) atoms. The minimum atomic E-state index is -4.62. The average Bonchev–Trinajstić information content (AvgIpc) is 2.59. The monoisotopic (exact) mass is 351 g/mol. The van der Waals surface area contributed by atoms with Crippen molar-refractivity contribution in [2.45, 2.75) is 19.5 Å². The molecule has 0 unspecified atom stereocenters. The molecule has 1 N–H and O–H groups in total. The highest BCUT2D eigenvalue weighted by Gasteiger charge is 2.34. The number of nitrogens with one attached hydrogen (secondary N) is 1. The first-order chi connectivity index (χ1) is 11.8. The van der Waals surface area contributed by atoms with E-state index in [9.17, 15) is 22.8 Å². The highest BCUT2D eigenvalue weighted by atomic mass is 19.4. The molecular formula is C18H16F3NO3. The highest BCUT2D eigenvalue weighted by molar-refractivity contribution is 6.05. The van der Waals surface area contributed by atoms with Crippen molar-refractivity contribution < 1.29 is 27.5 Å². The lowest BCUT2D eigenvalue weighted by Crippen LogP contribution is -2.18. The van der Waals surface area contributed by atoms with Crippen molar-refractivity contribution >= 4 is 17.6 Å². The Morgan fingerprint density at radius 2 is 1.68 bits per heavy atom. The Bertz CT molecular complexity index is 755. The van der Waals surface area contributed by atoms with Gasteiger partial charge in [0.05, 0.1) is 23.3 Å². The van der Waals surface area contributed by atoms with Gasteiger partial charge in [-0.15, -0.1) is 0 Å². The zero-order valence-electron chi connectivity index (χ0n) is 13.4. The summed E-state index contributed by atoms with van der Waals surface area (Å²) in [7, 11) is 0. The lowest BCUT2D eigenvalue weighted by molar-refractivity contribution is -0.137. The number of benzene rings is 2. The van der Waals surface area contributed by atoms with Crippen LogP contribution in [0.4, 0.5) is 18.9 Å². The molecule has 0 fully saturated rings. The Hall–Kier alpha value is -2.83. The van der Waals surface area contributed by atoms with Crippen molar-refractivity contribution in [1.82, 2.24) is 0 Å². The van der Waals surface area contributed by atoms with Gasteiger partial charge < -0.3 is 10.1 Å². The predicted molar refractivity (Wildman–Crippen MR) is 86.4 cm³/mol. The van der Waals surface area contributed by atoms with Crippen molar-refractivity contribution in [1.29, 1.82) is 0 Å². The molecule has 0 aromatic heterocycles. The summed E-state index contributed by atoms with van der Waals surface area (Å²) in [5, 5.41) is 2.39. The van der Waals surface area contributed by atoms with E-state index in [0.29, 0.717) is 18.6 Å². The maximum Gasteiger partial charge on any atom is 0.417 e. The predicted octanol–water partition coefficient (Wildman–Crippen LogP) is 4.52. The molecule has 0 saturated carbocycles. The van der Waals surface area contributed by atoms with Crippen molar-refractivity contribution in [2.75, 3.05) is 11.9 Å². The summed E-state index contributed by atoms with van der Waals surface area (Å²) in [6.07, 6.45) is -3.93. The molecule has 0 aliphatic heterocycles. The summed E-state index contributed by atoms with van der Waals surface area (Å²) in [5.41, 5.74) is -0.912. The minimum absolute atomic E-state index is 0.272. The van der Waals surface area contributed by atoms with Gasteiger partial charge in [-0.1, -0.05) is 19.1 Å². The van der Waals surface area contributed by atoms with E-state index in [2.05, 4.69) is 5.32 Å². The molecular weight excluding hydrogens is 335 g/mol. The molecule has 2 rings (SSSR count). The van der Waals surface area contributed by atoms with Crippen LogP contribution in [0.15, 0.2) is 48.5 Å². The SMILES string of the molecule is CCCOC(=O)c1ccc(NC(=O)c2ccccc2C(F)(F)F)cc1. The fraction of sp³-hybridized carbons (Fsp3) is 0.222. The van der Waals surface area contributed by atoms with Crippen molar-refractivity contribution in [3.05, 3.63) is 65.2 Å². The molecule has 1 amide bonds. The van der Waals surface area contributed by atoms with Crippen LogP contribution in [0.2, 0.25) is 0 Å². The van der Waals surface area contributed by atoms with Crippen LogP contribution in [0.25, 0.3) is 0 Å². The van der Waals surface area contributed by atoms with Crippen molar-refractivity contribution in [2.24, 2.45) is 0 Å². The van der Waals surface area contributed by atoms with Gasteiger partial charge in [-0.3, -0.25) is 4.79 Å². The van der Waals surface area contributed by atoms with E-state index in [0.717, 1.165) is 12.1 Å². The Labute approximate surface area is 142 Å². The third kappa shape index (κ3) is 4.82. The summed E-state index contributed by atoms with van der Waals surface area (Å²) < 4.78 is 43.8. The van der Waals surface area contributed by atoms with E-state index >= 15 is 0 Å². The maximum atomic E-state index is 13.0. The number of carbonyl (C=O) groups excluding carboxylic acids is 2. The van der Waals surface area contributed by atoms with E-state index in [4.69, 9.17) is 4.74 Å². The summed E-state index contributed by atoms with van der Waals surface area (Å²) in [6, 6.07) is 10.3. The first kappa shape index (κ1) is 18.5. The Kier molecular flexibility index (Phi) is 5.80. The molecule has 0 radical (unpaired) electrons. The second-order valence-corrected chi connectivity index (χ2v) is 5.21. The number of ether oxygens (including phenoxy) is 1. The fourth-order valence-electron chi connectivity index (χ4n) is 2.09. The summed E-state index contributed by atoms with van der Waals surface area (Å²) >= 11 is 0. The molecule has 132 valence electrons. The number of anilines is 1. The smallest absolute Gasteiger partial charge is 0.417 e. The number of hydrogen-bond acceptors (Lipinski definition) is 3. The lowest BCUT2D eigenvalue weighted by atomic mass is 10.1. The number of alkyl halides is 3. The van der Waals surface area contributed by atoms with Gasteiger partial charge >= 0.3 is 12.1 Å². The van der Waals surface area contributed by atoms with Gasteiger partial charge in [0.25, 0.3) is 5.91 Å². The number of halogens is 3. The van der Waals surface area contributed by atoms with Gasteiger partial charge in [0, 0.05) is 5.69 Å². The molecule has 0 heterocycles. The topological polar surface area (TPSA) is 55.4 Å². The van der Waals surface area contributed by atoms with Gasteiger partial charge in [0.1, 0.15) is 0 Å². The third-order valence-corrected chi connectivity index (χ3v) is 3.29. The van der Waals surface area contributed by atoms with Crippen LogP contribution in [0, 0.1) is 0 Å². The van der Waals surface area contributed by atoms with Gasteiger partial charge in [-0.25, -0.2) is 4.79 Å². The Morgan fingerprint density at radius 1 is 1.04 bits per heavy atom. The molecule has 0 atom stereocenters. The molecule has 0 aliphatic carbocycles. The van der Waals surface area contributed by atoms with Gasteiger partial charge in [0.2, 0.25) is 0 Å². The van der Waals surface area contributed by atoms with Gasteiger partial charge in [0.15, 0.2) is 0 Å². The first-order valence-electron chi connectivity index (χ1n) is 7.57. The molecule has 2 aromatic carbocycles. The number of hydrogen-bond donors (Lipinski definition) is 1. The first-order valence-corrected chi connectivity index (χ1v) is 7.57. The van der Waals surface area contributed by atoms with E-state index in [1.54, 1.807) is 0 Å². The number of carbonyl (C=O) groups is 2. The summed E-state index contributed by atoms with van der Waals surface area (Å²) in [5.74, 6) is -1.38. The van der Waals surface area contributed by atoms with E-state index in [1.807, 2.05) is 6.92 Å². The van der Waals surface area contributed by atoms with E-state index in [1.165, 1.54) is 36.4 Å². The molecule has 7 heteroatoms. The molecule has 0 spiro atoms. The van der Waals surface area contributed by atoms with Crippen molar-refractivity contribution in [3.63, 3.8) is 0 Å². The largest absolute Gasteiger partial charge is 0.462 e. The van der Waals surface area contributed by atoms with Crippen LogP contribution in [0.1, 0.15) is 39.6 Å². The van der Waals surface area contributed by atoms with Gasteiger partial charge in [-0.2, -0.15) is 13.2 Å². The Balaban J connectivity index is 2.13. The fourth-order valence-corrected chi connectivity index (χ4v) is 2.09. The van der Waals surface area contributed by atoms with Crippen LogP contribution in [-0.4, -0.2) is 18.5 Å². The van der Waals surface area contributed by atoms with Crippen LogP contribution < -0.4 is 5.32 Å². The molecule has 4 nitrogen and oxygen atoms in total. The van der Waals surface area contributed by atoms with E-state index < -0.39 is 29.2 Å². The second kappa shape index (κ2) is 7.83. The lowest BCUT2D eigenvalue weighted by Gasteiger charge is -2.12. The van der Waals surface area contributed by atoms with Crippen LogP contribution in [-0.2, 0) is 10.9 Å². The number of esters is 1. The quantitative estimate of drug-likeness (QED) is 0.806. The molecule has 0 aliphatic rings. The molecule has 2 aromatic rings. The standard InChI is InChI=1S/C18H16F3NO3/c1-2-11-25-17(24)12-7-9-13(10-8-12)22-16(23)14-5-3-4-6-15(14)18(19,20)21/h3-10H,2,11H2,1H3,(H,22,23). The zero-order valence-corrected chi connectivity index (χ0v) is 13.4. The summed E-state index contributed by atoms with van der Waals surface area (Å²) in [6.45, 7) is 2.16. The second-order valence-electron chi connectivity index (χ2n) is 5.21. The van der Waals surface area contributed by atoms with Crippen LogP contribution in [0.5, 0.6) is 0 Å². The Morgan fingerprint density at radius 3 is 2.28 bits per heavy atom. The highest BCUT2D eigenvalue weighted by Crippen LogP contribution is 2.32. The van der Waals surface area contributed by atoms with Crippen molar-refractivity contribution in [3.8, 4) is 0 Å². The number of amides is 1. The normalized spacial score (nSPS) is 11.0.